The number of amides is 1. The SMILES string of the molecule is O=C(CC1CC(=O)Oc2ccccc21)Nc1ccc2[nH]ccc2c1. The third kappa shape index (κ3) is 2.76. The number of hydrogen-bond acceptors (Lipinski definition) is 3. The lowest BCUT2D eigenvalue weighted by Gasteiger charge is -2.23. The Kier molecular flexibility index (Phi) is 3.54. The smallest absolute Gasteiger partial charge is 0.311 e. The minimum atomic E-state index is -0.291. The van der Waals surface area contributed by atoms with Gasteiger partial charge in [-0.1, -0.05) is 18.2 Å². The molecule has 1 amide bonds. The van der Waals surface area contributed by atoms with Gasteiger partial charge in [0.05, 0.1) is 6.42 Å². The summed E-state index contributed by atoms with van der Waals surface area (Å²) in [6.07, 6.45) is 2.33. The Morgan fingerprint density at radius 1 is 1.21 bits per heavy atom. The van der Waals surface area contributed by atoms with Crippen molar-refractivity contribution in [2.75, 3.05) is 5.32 Å². The summed E-state index contributed by atoms with van der Waals surface area (Å²) in [4.78, 5) is 27.3. The van der Waals surface area contributed by atoms with Crippen LogP contribution in [0, 0.1) is 0 Å². The van der Waals surface area contributed by atoms with Gasteiger partial charge in [0, 0.05) is 35.1 Å². The van der Waals surface area contributed by atoms with Crippen molar-refractivity contribution in [3.8, 4) is 5.75 Å². The minimum absolute atomic E-state index is 0.112. The number of hydrogen-bond donors (Lipinski definition) is 2. The molecule has 0 bridgehead atoms. The molecular formula is C19H16N2O3. The van der Waals surface area contributed by atoms with E-state index in [9.17, 15) is 9.59 Å². The van der Waals surface area contributed by atoms with Gasteiger partial charge in [0.15, 0.2) is 0 Å². The highest BCUT2D eigenvalue weighted by Crippen LogP contribution is 2.36. The molecule has 2 heterocycles. The summed E-state index contributed by atoms with van der Waals surface area (Å²) in [6.45, 7) is 0. The number of benzene rings is 2. The second-order valence-electron chi connectivity index (χ2n) is 5.94. The van der Waals surface area contributed by atoms with E-state index in [0.29, 0.717) is 5.75 Å². The van der Waals surface area contributed by atoms with Crippen molar-refractivity contribution >= 4 is 28.5 Å². The number of carbonyl (C=O) groups is 2. The molecule has 5 heteroatoms. The van der Waals surface area contributed by atoms with Crippen LogP contribution >= 0.6 is 0 Å². The van der Waals surface area contributed by atoms with E-state index in [1.54, 1.807) is 6.07 Å². The fourth-order valence-electron chi connectivity index (χ4n) is 3.14. The number of ether oxygens (including phenoxy) is 1. The lowest BCUT2D eigenvalue weighted by molar-refractivity contribution is -0.136. The van der Waals surface area contributed by atoms with Crippen molar-refractivity contribution in [1.82, 2.24) is 4.98 Å². The van der Waals surface area contributed by atoms with Crippen molar-refractivity contribution in [3.63, 3.8) is 0 Å². The van der Waals surface area contributed by atoms with Gasteiger partial charge in [-0.15, -0.1) is 0 Å². The molecular weight excluding hydrogens is 304 g/mol. The second kappa shape index (κ2) is 5.85. The van der Waals surface area contributed by atoms with Gasteiger partial charge in [-0.2, -0.15) is 0 Å². The predicted octanol–water partition coefficient (Wildman–Crippen LogP) is 3.59. The summed E-state index contributed by atoms with van der Waals surface area (Å²) in [5.41, 5.74) is 2.68. The van der Waals surface area contributed by atoms with Gasteiger partial charge < -0.3 is 15.0 Å². The Labute approximate surface area is 138 Å². The van der Waals surface area contributed by atoms with Crippen LogP contribution in [0.4, 0.5) is 5.69 Å². The molecule has 24 heavy (non-hydrogen) atoms. The van der Waals surface area contributed by atoms with Crippen LogP contribution in [0.15, 0.2) is 54.7 Å². The summed E-state index contributed by atoms with van der Waals surface area (Å²) in [5, 5.41) is 3.95. The van der Waals surface area contributed by atoms with E-state index in [1.165, 1.54) is 0 Å². The summed E-state index contributed by atoms with van der Waals surface area (Å²) in [5.74, 6) is -0.00152. The molecule has 0 saturated heterocycles. The van der Waals surface area contributed by atoms with Crippen LogP contribution in [0.3, 0.4) is 0 Å². The summed E-state index contributed by atoms with van der Waals surface area (Å²) in [6, 6.07) is 15.1. The fraction of sp³-hybridized carbons (Fsp3) is 0.158. The molecule has 0 aliphatic carbocycles. The molecule has 0 saturated carbocycles. The zero-order valence-corrected chi connectivity index (χ0v) is 12.9. The number of esters is 1. The van der Waals surface area contributed by atoms with Crippen molar-refractivity contribution < 1.29 is 14.3 Å². The number of nitrogens with one attached hydrogen (secondary N) is 2. The van der Waals surface area contributed by atoms with E-state index in [4.69, 9.17) is 4.74 Å². The molecule has 2 N–H and O–H groups in total. The third-order valence-electron chi connectivity index (χ3n) is 4.26. The van der Waals surface area contributed by atoms with Gasteiger partial charge in [-0.25, -0.2) is 0 Å². The average Bonchev–Trinajstić information content (AvgIpc) is 3.02. The van der Waals surface area contributed by atoms with Crippen LogP contribution in [0.1, 0.15) is 24.3 Å². The predicted molar refractivity (Wildman–Crippen MR) is 91.0 cm³/mol. The number of carbonyl (C=O) groups excluding carboxylic acids is 2. The van der Waals surface area contributed by atoms with Crippen LogP contribution in [0.25, 0.3) is 10.9 Å². The van der Waals surface area contributed by atoms with Gasteiger partial charge in [0.25, 0.3) is 0 Å². The highest BCUT2D eigenvalue weighted by Gasteiger charge is 2.28. The molecule has 1 unspecified atom stereocenters. The summed E-state index contributed by atoms with van der Waals surface area (Å²) < 4.78 is 5.23. The Bertz CT molecular complexity index is 929. The molecule has 2 aromatic carbocycles. The number of aromatic amines is 1. The standard InChI is InChI=1S/C19H16N2O3/c22-18(21-14-5-6-16-12(9-14)7-8-20-16)10-13-11-19(23)24-17-4-2-1-3-15(13)17/h1-9,13,20H,10-11H2,(H,21,22). The summed E-state index contributed by atoms with van der Waals surface area (Å²) >= 11 is 0. The van der Waals surface area contributed by atoms with Crippen molar-refractivity contribution in [2.24, 2.45) is 0 Å². The van der Waals surface area contributed by atoms with Gasteiger partial charge in [0.2, 0.25) is 5.91 Å². The molecule has 1 aliphatic rings. The molecule has 1 aliphatic heterocycles. The van der Waals surface area contributed by atoms with Crippen LogP contribution in [0.5, 0.6) is 5.75 Å². The number of fused-ring (bicyclic) bond motifs is 2. The van der Waals surface area contributed by atoms with E-state index in [2.05, 4.69) is 10.3 Å². The van der Waals surface area contributed by atoms with Crippen LogP contribution < -0.4 is 10.1 Å². The van der Waals surface area contributed by atoms with Gasteiger partial charge in [-0.05, 0) is 35.9 Å². The first-order chi connectivity index (χ1) is 11.7. The number of anilines is 1. The van der Waals surface area contributed by atoms with Gasteiger partial charge in [-0.3, -0.25) is 9.59 Å². The van der Waals surface area contributed by atoms with Crippen LogP contribution in [-0.4, -0.2) is 16.9 Å². The van der Waals surface area contributed by atoms with Crippen molar-refractivity contribution in [2.45, 2.75) is 18.8 Å². The van der Waals surface area contributed by atoms with E-state index >= 15 is 0 Å². The molecule has 5 nitrogen and oxygen atoms in total. The third-order valence-corrected chi connectivity index (χ3v) is 4.26. The number of rotatable bonds is 3. The maximum absolute atomic E-state index is 12.4. The van der Waals surface area contributed by atoms with E-state index in [0.717, 1.165) is 22.2 Å². The maximum atomic E-state index is 12.4. The van der Waals surface area contributed by atoms with Crippen LogP contribution in [0.2, 0.25) is 0 Å². The Balaban J connectivity index is 1.50. The normalized spacial score (nSPS) is 16.5. The van der Waals surface area contributed by atoms with Gasteiger partial charge in [0.1, 0.15) is 5.75 Å². The molecule has 4 rings (SSSR count). The van der Waals surface area contributed by atoms with E-state index < -0.39 is 0 Å². The molecule has 0 fully saturated rings. The fourth-order valence-corrected chi connectivity index (χ4v) is 3.14. The van der Waals surface area contributed by atoms with Crippen molar-refractivity contribution in [1.29, 1.82) is 0 Å². The highest BCUT2D eigenvalue weighted by atomic mass is 16.5. The second-order valence-corrected chi connectivity index (χ2v) is 5.94. The first-order valence-corrected chi connectivity index (χ1v) is 7.85. The first-order valence-electron chi connectivity index (χ1n) is 7.85. The number of para-hydroxylation sites is 1. The van der Waals surface area contributed by atoms with Gasteiger partial charge >= 0.3 is 5.97 Å². The maximum Gasteiger partial charge on any atom is 0.311 e. The topological polar surface area (TPSA) is 71.2 Å². The van der Waals surface area contributed by atoms with E-state index in [1.807, 2.05) is 48.7 Å². The number of aromatic nitrogens is 1. The Morgan fingerprint density at radius 2 is 2.08 bits per heavy atom. The zero-order chi connectivity index (χ0) is 16.5. The van der Waals surface area contributed by atoms with Crippen molar-refractivity contribution in [3.05, 3.63) is 60.3 Å². The molecule has 120 valence electrons. The summed E-state index contributed by atoms with van der Waals surface area (Å²) in [7, 11) is 0. The van der Waals surface area contributed by atoms with E-state index in [-0.39, 0.29) is 30.6 Å². The molecule has 0 radical (unpaired) electrons. The molecule has 1 atom stereocenters. The quantitative estimate of drug-likeness (QED) is 0.572. The Hall–Kier alpha value is -3.08. The number of H-pyrrole nitrogens is 1. The Morgan fingerprint density at radius 3 is 3.00 bits per heavy atom. The van der Waals surface area contributed by atoms with Crippen LogP contribution in [-0.2, 0) is 9.59 Å². The largest absolute Gasteiger partial charge is 0.426 e. The highest BCUT2D eigenvalue weighted by molar-refractivity contribution is 5.94. The molecule has 0 spiro atoms. The molecule has 1 aromatic heterocycles. The minimum Gasteiger partial charge on any atom is -0.426 e. The average molecular weight is 320 g/mol. The molecule has 3 aromatic rings. The lowest BCUT2D eigenvalue weighted by atomic mass is 9.89. The monoisotopic (exact) mass is 320 g/mol. The zero-order valence-electron chi connectivity index (χ0n) is 12.9. The lowest BCUT2D eigenvalue weighted by Crippen LogP contribution is -2.24. The first kappa shape index (κ1) is 14.5.